The van der Waals surface area contributed by atoms with Crippen molar-refractivity contribution >= 4 is 5.91 Å². The molecule has 1 fully saturated rings. The lowest BCUT2D eigenvalue weighted by molar-refractivity contribution is -0.134. The van der Waals surface area contributed by atoms with E-state index in [2.05, 4.69) is 44.8 Å². The number of likely N-dealkylation sites (tertiary alicyclic amines) is 1. The molecule has 0 N–H and O–H groups in total. The second-order valence-electron chi connectivity index (χ2n) is 7.86. The standard InChI is InChI=1S/C17H29N3O2/c1-12-9-13(2)11-20(10-12)15(21)8-6-7-14-18-16(19-22-14)17(3,4)5/h12-13H,6-11H2,1-5H3/t12-,13+. The Hall–Kier alpha value is -1.39. The van der Waals surface area contributed by atoms with Crippen LogP contribution < -0.4 is 0 Å². The fourth-order valence-electron chi connectivity index (χ4n) is 3.08. The van der Waals surface area contributed by atoms with E-state index in [4.69, 9.17) is 4.52 Å². The highest BCUT2D eigenvalue weighted by atomic mass is 16.5. The third-order valence-electron chi connectivity index (χ3n) is 4.14. The highest BCUT2D eigenvalue weighted by Crippen LogP contribution is 2.22. The van der Waals surface area contributed by atoms with E-state index in [1.54, 1.807) is 0 Å². The number of aryl methyl sites for hydroxylation is 1. The molecule has 1 aliphatic heterocycles. The van der Waals surface area contributed by atoms with E-state index in [1.165, 1.54) is 6.42 Å². The number of hydrogen-bond acceptors (Lipinski definition) is 4. The van der Waals surface area contributed by atoms with E-state index in [1.807, 2.05) is 4.90 Å². The maximum atomic E-state index is 12.3. The quantitative estimate of drug-likeness (QED) is 0.857. The number of rotatable bonds is 4. The lowest BCUT2D eigenvalue weighted by atomic mass is 9.91. The molecule has 1 aromatic rings. The van der Waals surface area contributed by atoms with Crippen LogP contribution in [0.4, 0.5) is 0 Å². The first-order valence-corrected chi connectivity index (χ1v) is 8.36. The van der Waals surface area contributed by atoms with E-state index < -0.39 is 0 Å². The molecule has 1 aromatic heterocycles. The Morgan fingerprint density at radius 1 is 1.27 bits per heavy atom. The van der Waals surface area contributed by atoms with Gasteiger partial charge in [0.15, 0.2) is 5.82 Å². The van der Waals surface area contributed by atoms with Gasteiger partial charge in [0.25, 0.3) is 0 Å². The van der Waals surface area contributed by atoms with E-state index >= 15 is 0 Å². The minimum Gasteiger partial charge on any atom is -0.342 e. The summed E-state index contributed by atoms with van der Waals surface area (Å²) in [6.45, 7) is 12.4. The predicted molar refractivity (Wildman–Crippen MR) is 85.5 cm³/mol. The molecule has 1 aliphatic rings. The first-order valence-electron chi connectivity index (χ1n) is 8.36. The van der Waals surface area contributed by atoms with Crippen LogP contribution in [0, 0.1) is 11.8 Å². The molecular weight excluding hydrogens is 278 g/mol. The molecule has 2 atom stereocenters. The molecule has 22 heavy (non-hydrogen) atoms. The van der Waals surface area contributed by atoms with Crippen molar-refractivity contribution in [1.82, 2.24) is 15.0 Å². The average molecular weight is 307 g/mol. The molecule has 5 heteroatoms. The smallest absolute Gasteiger partial charge is 0.226 e. The van der Waals surface area contributed by atoms with Gasteiger partial charge < -0.3 is 9.42 Å². The van der Waals surface area contributed by atoms with E-state index in [9.17, 15) is 4.79 Å². The zero-order chi connectivity index (χ0) is 16.3. The number of nitrogens with zero attached hydrogens (tertiary/aromatic N) is 3. The van der Waals surface area contributed by atoms with Crippen LogP contribution in [0.3, 0.4) is 0 Å². The second kappa shape index (κ2) is 6.80. The van der Waals surface area contributed by atoms with Gasteiger partial charge in [-0.3, -0.25) is 4.79 Å². The van der Waals surface area contributed by atoms with Crippen LogP contribution in [-0.4, -0.2) is 34.0 Å². The highest BCUT2D eigenvalue weighted by Gasteiger charge is 2.25. The molecule has 0 spiro atoms. The zero-order valence-electron chi connectivity index (χ0n) is 14.6. The van der Waals surface area contributed by atoms with Crippen LogP contribution in [0.2, 0.25) is 0 Å². The first-order chi connectivity index (χ1) is 10.3. The number of piperidine rings is 1. The van der Waals surface area contributed by atoms with Gasteiger partial charge in [0.05, 0.1) is 0 Å². The van der Waals surface area contributed by atoms with Gasteiger partial charge in [0.1, 0.15) is 0 Å². The molecule has 0 unspecified atom stereocenters. The molecule has 2 rings (SSSR count). The van der Waals surface area contributed by atoms with Crippen molar-refractivity contribution in [3.8, 4) is 0 Å². The number of amides is 1. The molecule has 1 amide bonds. The maximum Gasteiger partial charge on any atom is 0.226 e. The SMILES string of the molecule is C[C@@H]1C[C@H](C)CN(C(=O)CCCc2nc(C(C)(C)C)no2)C1. The Balaban J connectivity index is 1.78. The average Bonchev–Trinajstić information content (AvgIpc) is 2.86. The number of carbonyl (C=O) groups is 1. The van der Waals surface area contributed by atoms with E-state index in [0.29, 0.717) is 30.6 Å². The van der Waals surface area contributed by atoms with Crippen molar-refractivity contribution in [2.24, 2.45) is 11.8 Å². The van der Waals surface area contributed by atoms with Crippen molar-refractivity contribution in [2.75, 3.05) is 13.1 Å². The molecule has 0 bridgehead atoms. The summed E-state index contributed by atoms with van der Waals surface area (Å²) in [4.78, 5) is 18.7. The van der Waals surface area contributed by atoms with Crippen LogP contribution >= 0.6 is 0 Å². The summed E-state index contributed by atoms with van der Waals surface area (Å²) in [6.07, 6.45) is 3.23. The molecule has 0 aromatic carbocycles. The lowest BCUT2D eigenvalue weighted by Gasteiger charge is -2.35. The summed E-state index contributed by atoms with van der Waals surface area (Å²) in [5.74, 6) is 2.84. The number of carbonyl (C=O) groups excluding carboxylic acids is 1. The van der Waals surface area contributed by atoms with Gasteiger partial charge in [-0.2, -0.15) is 4.98 Å². The normalized spacial score (nSPS) is 22.9. The third-order valence-corrected chi connectivity index (χ3v) is 4.14. The van der Waals surface area contributed by atoms with Gasteiger partial charge in [0, 0.05) is 31.3 Å². The molecule has 1 saturated heterocycles. The van der Waals surface area contributed by atoms with Crippen molar-refractivity contribution in [3.05, 3.63) is 11.7 Å². The van der Waals surface area contributed by atoms with E-state index in [-0.39, 0.29) is 11.3 Å². The molecule has 5 nitrogen and oxygen atoms in total. The molecule has 2 heterocycles. The zero-order valence-corrected chi connectivity index (χ0v) is 14.6. The highest BCUT2D eigenvalue weighted by molar-refractivity contribution is 5.76. The van der Waals surface area contributed by atoms with Crippen LogP contribution in [0.5, 0.6) is 0 Å². The Kier molecular flexibility index (Phi) is 5.24. The molecular formula is C17H29N3O2. The number of aromatic nitrogens is 2. The molecule has 124 valence electrons. The topological polar surface area (TPSA) is 59.2 Å². The van der Waals surface area contributed by atoms with Gasteiger partial charge in [-0.1, -0.05) is 39.8 Å². The molecule has 0 saturated carbocycles. The minimum atomic E-state index is -0.0996. The Labute approximate surface area is 133 Å². The van der Waals surface area contributed by atoms with Crippen molar-refractivity contribution in [1.29, 1.82) is 0 Å². The molecule has 0 aliphatic carbocycles. The van der Waals surface area contributed by atoms with Crippen LogP contribution in [-0.2, 0) is 16.6 Å². The summed E-state index contributed by atoms with van der Waals surface area (Å²) in [7, 11) is 0. The fraction of sp³-hybridized carbons (Fsp3) is 0.824. The Morgan fingerprint density at radius 3 is 2.45 bits per heavy atom. The van der Waals surface area contributed by atoms with Crippen molar-refractivity contribution in [2.45, 2.75) is 65.7 Å². The van der Waals surface area contributed by atoms with Gasteiger partial charge >= 0.3 is 0 Å². The summed E-state index contributed by atoms with van der Waals surface area (Å²) >= 11 is 0. The van der Waals surface area contributed by atoms with Crippen LogP contribution in [0.1, 0.15) is 65.6 Å². The van der Waals surface area contributed by atoms with Gasteiger partial charge in [-0.05, 0) is 24.7 Å². The largest absolute Gasteiger partial charge is 0.342 e. The second-order valence-corrected chi connectivity index (χ2v) is 7.86. The predicted octanol–water partition coefficient (Wildman–Crippen LogP) is 3.19. The first kappa shape index (κ1) is 17.0. The Morgan fingerprint density at radius 2 is 1.91 bits per heavy atom. The minimum absolute atomic E-state index is 0.0996. The van der Waals surface area contributed by atoms with Gasteiger partial charge in [-0.25, -0.2) is 0 Å². The summed E-state index contributed by atoms with van der Waals surface area (Å²) < 4.78 is 5.27. The summed E-state index contributed by atoms with van der Waals surface area (Å²) in [5.41, 5.74) is -0.0996. The van der Waals surface area contributed by atoms with Gasteiger partial charge in [-0.15, -0.1) is 0 Å². The fourth-order valence-corrected chi connectivity index (χ4v) is 3.08. The van der Waals surface area contributed by atoms with Crippen LogP contribution in [0.25, 0.3) is 0 Å². The maximum absolute atomic E-state index is 12.3. The number of hydrogen-bond donors (Lipinski definition) is 0. The third kappa shape index (κ3) is 4.55. The molecule has 0 radical (unpaired) electrons. The summed E-state index contributed by atoms with van der Waals surface area (Å²) in [5, 5.41) is 4.01. The monoisotopic (exact) mass is 307 g/mol. The van der Waals surface area contributed by atoms with Crippen LogP contribution in [0.15, 0.2) is 4.52 Å². The Bertz CT molecular complexity index is 494. The van der Waals surface area contributed by atoms with E-state index in [0.717, 1.165) is 25.3 Å². The van der Waals surface area contributed by atoms with Gasteiger partial charge in [0.2, 0.25) is 11.8 Å². The summed E-state index contributed by atoms with van der Waals surface area (Å²) in [6, 6.07) is 0. The van der Waals surface area contributed by atoms with Crippen molar-refractivity contribution < 1.29 is 9.32 Å². The van der Waals surface area contributed by atoms with Crippen molar-refractivity contribution in [3.63, 3.8) is 0 Å². The lowest BCUT2D eigenvalue weighted by Crippen LogP contribution is -2.42.